The molecule has 0 saturated carbocycles. The fraction of sp³-hybridized carbons (Fsp3) is 0.167. The molecule has 3 aromatic rings. The highest BCUT2D eigenvalue weighted by Gasteiger charge is 2.36. The van der Waals surface area contributed by atoms with Crippen LogP contribution >= 0.6 is 0 Å². The average molecular weight is 457 g/mol. The van der Waals surface area contributed by atoms with Crippen LogP contribution in [0.15, 0.2) is 72.8 Å². The summed E-state index contributed by atoms with van der Waals surface area (Å²) in [5.41, 5.74) is -2.96. The predicted octanol–water partition coefficient (Wildman–Crippen LogP) is 5.24. The standard InChI is InChI=1S/C24H19F4N3O2/c1-23(33,22(32)30-18-10-7-16(14-29)21(13-18)24(26,27)28)15-31(19-5-3-2-4-6-19)20-11-8-17(25)9-12-20/h2-13,33H,15H2,1H3,(H,30,32). The van der Waals surface area contributed by atoms with Crippen LogP contribution in [0.5, 0.6) is 0 Å². The van der Waals surface area contributed by atoms with Crippen molar-refractivity contribution in [3.8, 4) is 6.07 Å². The van der Waals surface area contributed by atoms with Gasteiger partial charge in [0.2, 0.25) is 0 Å². The summed E-state index contributed by atoms with van der Waals surface area (Å²) in [6.07, 6.45) is -4.79. The van der Waals surface area contributed by atoms with Gasteiger partial charge in [-0.3, -0.25) is 4.79 Å². The van der Waals surface area contributed by atoms with E-state index in [9.17, 15) is 27.5 Å². The highest BCUT2D eigenvalue weighted by molar-refractivity contribution is 5.97. The van der Waals surface area contributed by atoms with Gasteiger partial charge < -0.3 is 15.3 Å². The minimum absolute atomic E-state index is 0.223. The van der Waals surface area contributed by atoms with E-state index in [-0.39, 0.29) is 12.2 Å². The Hall–Kier alpha value is -3.90. The van der Waals surface area contributed by atoms with Crippen LogP contribution < -0.4 is 10.2 Å². The van der Waals surface area contributed by atoms with Gasteiger partial charge in [0.25, 0.3) is 5.91 Å². The Morgan fingerprint density at radius 1 is 1.03 bits per heavy atom. The lowest BCUT2D eigenvalue weighted by atomic mass is 10.0. The maximum Gasteiger partial charge on any atom is 0.417 e. The van der Waals surface area contributed by atoms with E-state index in [0.717, 1.165) is 12.1 Å². The van der Waals surface area contributed by atoms with Crippen molar-refractivity contribution in [1.82, 2.24) is 0 Å². The zero-order chi connectivity index (χ0) is 24.2. The van der Waals surface area contributed by atoms with Crippen molar-refractivity contribution in [2.45, 2.75) is 18.7 Å². The zero-order valence-electron chi connectivity index (χ0n) is 17.4. The smallest absolute Gasteiger partial charge is 0.378 e. The lowest BCUT2D eigenvalue weighted by Gasteiger charge is -2.32. The number of hydrogen-bond donors (Lipinski definition) is 2. The molecular formula is C24H19F4N3O2. The molecule has 1 amide bonds. The summed E-state index contributed by atoms with van der Waals surface area (Å²) in [6, 6.07) is 18.4. The van der Waals surface area contributed by atoms with Gasteiger partial charge in [-0.2, -0.15) is 18.4 Å². The van der Waals surface area contributed by atoms with Crippen LogP contribution in [0.3, 0.4) is 0 Å². The number of para-hydroxylation sites is 1. The summed E-state index contributed by atoms with van der Waals surface area (Å²) in [5.74, 6) is -1.42. The van der Waals surface area contributed by atoms with Crippen LogP contribution in [0.25, 0.3) is 0 Å². The van der Waals surface area contributed by atoms with Crippen LogP contribution in [0, 0.1) is 17.1 Å². The van der Waals surface area contributed by atoms with Crippen LogP contribution in [0.1, 0.15) is 18.1 Å². The van der Waals surface area contributed by atoms with Gasteiger partial charge in [0.05, 0.1) is 23.7 Å². The van der Waals surface area contributed by atoms with Crippen LogP contribution in [0.2, 0.25) is 0 Å². The predicted molar refractivity (Wildman–Crippen MR) is 115 cm³/mol. The van der Waals surface area contributed by atoms with E-state index in [2.05, 4.69) is 5.32 Å². The Morgan fingerprint density at radius 3 is 2.21 bits per heavy atom. The molecule has 5 nitrogen and oxygen atoms in total. The number of benzene rings is 3. The molecule has 0 bridgehead atoms. The number of carbonyl (C=O) groups is 1. The molecule has 0 aliphatic rings. The van der Waals surface area contributed by atoms with Gasteiger partial charge in [0.1, 0.15) is 5.82 Å². The second kappa shape index (κ2) is 9.30. The van der Waals surface area contributed by atoms with E-state index in [1.54, 1.807) is 35.2 Å². The van der Waals surface area contributed by atoms with Gasteiger partial charge in [-0.15, -0.1) is 0 Å². The molecular weight excluding hydrogens is 438 g/mol. The summed E-state index contributed by atoms with van der Waals surface area (Å²) >= 11 is 0. The topological polar surface area (TPSA) is 76.4 Å². The third-order valence-electron chi connectivity index (χ3n) is 4.86. The summed E-state index contributed by atoms with van der Waals surface area (Å²) < 4.78 is 53.0. The Labute approximate surface area is 187 Å². The minimum atomic E-state index is -4.79. The molecule has 2 N–H and O–H groups in total. The molecule has 9 heteroatoms. The maximum atomic E-state index is 13.4. The number of rotatable bonds is 6. The summed E-state index contributed by atoms with van der Waals surface area (Å²) in [6.45, 7) is 0.938. The van der Waals surface area contributed by atoms with E-state index in [1.165, 1.54) is 37.3 Å². The van der Waals surface area contributed by atoms with Gasteiger partial charge in [-0.1, -0.05) is 18.2 Å². The number of hydrogen-bond acceptors (Lipinski definition) is 4. The number of anilines is 3. The van der Waals surface area contributed by atoms with E-state index < -0.39 is 34.6 Å². The molecule has 0 aromatic heterocycles. The average Bonchev–Trinajstić information content (AvgIpc) is 2.78. The van der Waals surface area contributed by atoms with Crippen molar-refractivity contribution in [3.63, 3.8) is 0 Å². The SMILES string of the molecule is CC(O)(CN(c1ccccc1)c1ccc(F)cc1)C(=O)Nc1ccc(C#N)c(C(F)(F)F)c1. The third kappa shape index (κ3) is 5.67. The van der Waals surface area contributed by atoms with Crippen molar-refractivity contribution in [3.05, 3.63) is 89.7 Å². The Bertz CT molecular complexity index is 1170. The molecule has 170 valence electrons. The molecule has 1 unspecified atom stereocenters. The Balaban J connectivity index is 1.88. The number of nitrogens with zero attached hydrogens (tertiary/aromatic N) is 2. The Kier molecular flexibility index (Phi) is 6.70. The normalized spacial score (nSPS) is 13.0. The third-order valence-corrected chi connectivity index (χ3v) is 4.86. The van der Waals surface area contributed by atoms with Crippen molar-refractivity contribution < 1.29 is 27.5 Å². The molecule has 0 aliphatic carbocycles. The number of nitriles is 1. The number of halogens is 4. The highest BCUT2D eigenvalue weighted by atomic mass is 19.4. The molecule has 0 radical (unpaired) electrons. The first-order chi connectivity index (χ1) is 15.5. The van der Waals surface area contributed by atoms with Crippen molar-refractivity contribution in [2.24, 2.45) is 0 Å². The van der Waals surface area contributed by atoms with E-state index in [4.69, 9.17) is 5.26 Å². The van der Waals surface area contributed by atoms with Gasteiger partial charge in [0.15, 0.2) is 5.60 Å². The molecule has 0 saturated heterocycles. The first kappa shape index (κ1) is 23.8. The first-order valence-electron chi connectivity index (χ1n) is 9.74. The molecule has 0 aliphatic heterocycles. The summed E-state index contributed by atoms with van der Waals surface area (Å²) in [7, 11) is 0. The number of alkyl halides is 3. The largest absolute Gasteiger partial charge is 0.417 e. The minimum Gasteiger partial charge on any atom is -0.378 e. The molecule has 0 heterocycles. The van der Waals surface area contributed by atoms with E-state index in [0.29, 0.717) is 17.4 Å². The number of carbonyl (C=O) groups excluding carboxylic acids is 1. The number of nitrogens with one attached hydrogen (secondary N) is 1. The number of amides is 1. The van der Waals surface area contributed by atoms with Crippen molar-refractivity contribution in [2.75, 3.05) is 16.8 Å². The molecule has 33 heavy (non-hydrogen) atoms. The highest BCUT2D eigenvalue weighted by Crippen LogP contribution is 2.34. The van der Waals surface area contributed by atoms with Gasteiger partial charge in [-0.05, 0) is 61.5 Å². The second-order valence-corrected chi connectivity index (χ2v) is 7.50. The number of aliphatic hydroxyl groups is 1. The van der Waals surface area contributed by atoms with Crippen LogP contribution in [-0.2, 0) is 11.0 Å². The fourth-order valence-electron chi connectivity index (χ4n) is 3.16. The second-order valence-electron chi connectivity index (χ2n) is 7.50. The van der Waals surface area contributed by atoms with Gasteiger partial charge in [0, 0.05) is 17.1 Å². The zero-order valence-corrected chi connectivity index (χ0v) is 17.4. The van der Waals surface area contributed by atoms with Gasteiger partial charge in [-0.25, -0.2) is 4.39 Å². The quantitative estimate of drug-likeness (QED) is 0.496. The molecule has 0 spiro atoms. The van der Waals surface area contributed by atoms with Crippen LogP contribution in [0.4, 0.5) is 34.6 Å². The van der Waals surface area contributed by atoms with Gasteiger partial charge >= 0.3 is 6.18 Å². The lowest BCUT2D eigenvalue weighted by Crippen LogP contribution is -2.48. The molecule has 3 aromatic carbocycles. The first-order valence-corrected chi connectivity index (χ1v) is 9.74. The summed E-state index contributed by atoms with van der Waals surface area (Å²) in [4.78, 5) is 14.4. The summed E-state index contributed by atoms with van der Waals surface area (Å²) in [5, 5.41) is 22.1. The van der Waals surface area contributed by atoms with Crippen LogP contribution in [-0.4, -0.2) is 23.2 Å². The monoisotopic (exact) mass is 457 g/mol. The maximum absolute atomic E-state index is 13.4. The molecule has 0 fully saturated rings. The molecule has 1 atom stereocenters. The molecule has 3 rings (SSSR count). The van der Waals surface area contributed by atoms with E-state index in [1.807, 2.05) is 0 Å². The fourth-order valence-corrected chi connectivity index (χ4v) is 3.16. The van der Waals surface area contributed by atoms with Crippen molar-refractivity contribution >= 4 is 23.0 Å². The van der Waals surface area contributed by atoms with E-state index >= 15 is 0 Å². The lowest BCUT2D eigenvalue weighted by molar-refractivity contribution is -0.138. The van der Waals surface area contributed by atoms with Crippen molar-refractivity contribution in [1.29, 1.82) is 5.26 Å². The Morgan fingerprint density at radius 2 is 1.64 bits per heavy atom.